The highest BCUT2D eigenvalue weighted by molar-refractivity contribution is 5.77. The molecule has 0 heterocycles. The van der Waals surface area contributed by atoms with Crippen molar-refractivity contribution in [3.8, 4) is 11.5 Å². The van der Waals surface area contributed by atoms with Gasteiger partial charge >= 0.3 is 0 Å². The number of amides is 1. The number of nitrogens with one attached hydrogen (secondary N) is 2. The third kappa shape index (κ3) is 6.80. The molecule has 1 aromatic rings. The van der Waals surface area contributed by atoms with Crippen molar-refractivity contribution in [3.63, 3.8) is 0 Å². The van der Waals surface area contributed by atoms with E-state index in [2.05, 4.69) is 24.5 Å². The summed E-state index contributed by atoms with van der Waals surface area (Å²) in [7, 11) is 1.60. The fourth-order valence-electron chi connectivity index (χ4n) is 1.96. The van der Waals surface area contributed by atoms with Gasteiger partial charge in [-0.1, -0.05) is 19.9 Å². The van der Waals surface area contributed by atoms with Gasteiger partial charge in [-0.3, -0.25) is 4.79 Å². The lowest BCUT2D eigenvalue weighted by Gasteiger charge is -2.13. The summed E-state index contributed by atoms with van der Waals surface area (Å²) in [4.78, 5) is 11.4. The molecule has 0 aliphatic carbocycles. The lowest BCUT2D eigenvalue weighted by atomic mass is 10.1. The molecule has 0 bridgehead atoms. The van der Waals surface area contributed by atoms with Crippen LogP contribution in [0, 0.1) is 5.92 Å². The lowest BCUT2D eigenvalue weighted by molar-refractivity contribution is -0.123. The van der Waals surface area contributed by atoms with Crippen molar-refractivity contribution in [1.82, 2.24) is 10.6 Å². The maximum absolute atomic E-state index is 11.4. The van der Waals surface area contributed by atoms with E-state index in [0.29, 0.717) is 24.0 Å². The van der Waals surface area contributed by atoms with Gasteiger partial charge in [0.2, 0.25) is 0 Å². The first-order valence-corrected chi connectivity index (χ1v) is 7.84. The highest BCUT2D eigenvalue weighted by Crippen LogP contribution is 2.28. The molecule has 1 rings (SSSR count). The first kappa shape index (κ1) is 18.3. The molecular weight excluding hydrogens is 280 g/mol. The molecule has 0 aliphatic rings. The normalized spacial score (nSPS) is 10.6. The zero-order valence-corrected chi connectivity index (χ0v) is 14.1. The zero-order valence-electron chi connectivity index (χ0n) is 14.1. The van der Waals surface area contributed by atoms with Crippen LogP contribution in [0.5, 0.6) is 11.5 Å². The predicted octanol–water partition coefficient (Wildman–Crippen LogP) is 2.35. The summed E-state index contributed by atoms with van der Waals surface area (Å²) in [6.07, 6.45) is 1.16. The summed E-state index contributed by atoms with van der Waals surface area (Å²) in [5.41, 5.74) is 1.13. The molecule has 0 aliphatic heterocycles. The van der Waals surface area contributed by atoms with Crippen molar-refractivity contribution >= 4 is 5.91 Å². The van der Waals surface area contributed by atoms with Crippen LogP contribution in [-0.4, -0.2) is 32.7 Å². The maximum atomic E-state index is 11.4. The second-order valence-corrected chi connectivity index (χ2v) is 5.59. The average molecular weight is 308 g/mol. The smallest absolute Gasteiger partial charge is 0.257 e. The van der Waals surface area contributed by atoms with Gasteiger partial charge in [0.15, 0.2) is 18.1 Å². The second-order valence-electron chi connectivity index (χ2n) is 5.59. The van der Waals surface area contributed by atoms with Crippen LogP contribution in [-0.2, 0) is 11.3 Å². The summed E-state index contributed by atoms with van der Waals surface area (Å²) in [6.45, 7) is 8.68. The predicted molar refractivity (Wildman–Crippen MR) is 88.3 cm³/mol. The van der Waals surface area contributed by atoms with E-state index in [9.17, 15) is 4.79 Å². The van der Waals surface area contributed by atoms with Gasteiger partial charge in [0.1, 0.15) is 0 Å². The van der Waals surface area contributed by atoms with Crippen molar-refractivity contribution in [1.29, 1.82) is 0 Å². The molecule has 0 radical (unpaired) electrons. The topological polar surface area (TPSA) is 59.6 Å². The molecule has 2 N–H and O–H groups in total. The van der Waals surface area contributed by atoms with Crippen LogP contribution in [0.1, 0.15) is 32.8 Å². The Kier molecular flexibility index (Phi) is 8.36. The Morgan fingerprint density at radius 3 is 2.68 bits per heavy atom. The van der Waals surface area contributed by atoms with Crippen LogP contribution < -0.4 is 20.1 Å². The van der Waals surface area contributed by atoms with E-state index < -0.39 is 0 Å². The molecule has 0 spiro atoms. The van der Waals surface area contributed by atoms with Crippen molar-refractivity contribution in [2.24, 2.45) is 5.92 Å². The first-order chi connectivity index (χ1) is 10.6. The molecule has 22 heavy (non-hydrogen) atoms. The first-order valence-electron chi connectivity index (χ1n) is 7.84. The van der Waals surface area contributed by atoms with Crippen molar-refractivity contribution in [3.05, 3.63) is 23.8 Å². The number of carbonyl (C=O) groups is 1. The quantitative estimate of drug-likeness (QED) is 0.651. The second kappa shape index (κ2) is 10.1. The van der Waals surface area contributed by atoms with E-state index >= 15 is 0 Å². The van der Waals surface area contributed by atoms with Gasteiger partial charge in [0, 0.05) is 13.1 Å². The average Bonchev–Trinajstić information content (AvgIpc) is 2.50. The Morgan fingerprint density at radius 1 is 1.27 bits per heavy atom. The Morgan fingerprint density at radius 2 is 2.05 bits per heavy atom. The number of hydrogen-bond acceptors (Lipinski definition) is 4. The highest BCUT2D eigenvalue weighted by Gasteiger charge is 2.08. The van der Waals surface area contributed by atoms with Crippen LogP contribution in [0.25, 0.3) is 0 Å². The maximum Gasteiger partial charge on any atom is 0.257 e. The molecule has 1 aromatic carbocycles. The van der Waals surface area contributed by atoms with Crippen LogP contribution in [0.3, 0.4) is 0 Å². The summed E-state index contributed by atoms with van der Waals surface area (Å²) < 4.78 is 10.8. The van der Waals surface area contributed by atoms with Crippen LogP contribution >= 0.6 is 0 Å². The van der Waals surface area contributed by atoms with Crippen molar-refractivity contribution in [2.75, 3.05) is 26.8 Å². The number of hydrogen-bond donors (Lipinski definition) is 2. The lowest BCUT2D eigenvalue weighted by Crippen LogP contribution is -2.28. The SMILES string of the molecule is CCNC(=O)COc1ccc(CNCCC(C)C)cc1OC. The number of likely N-dealkylation sites (N-methyl/N-ethyl adjacent to an activating group) is 1. The number of ether oxygens (including phenoxy) is 2. The minimum atomic E-state index is -0.135. The van der Waals surface area contributed by atoms with E-state index in [1.165, 1.54) is 0 Å². The summed E-state index contributed by atoms with van der Waals surface area (Å²) >= 11 is 0. The molecule has 5 heteroatoms. The monoisotopic (exact) mass is 308 g/mol. The van der Waals surface area contributed by atoms with Crippen LogP contribution in [0.15, 0.2) is 18.2 Å². The third-order valence-electron chi connectivity index (χ3n) is 3.19. The van der Waals surface area contributed by atoms with E-state index in [1.54, 1.807) is 7.11 Å². The summed E-state index contributed by atoms with van der Waals surface area (Å²) in [6, 6.07) is 5.77. The fraction of sp³-hybridized carbons (Fsp3) is 0.588. The standard InChI is InChI=1S/C17H28N2O3/c1-5-19-17(20)12-22-15-7-6-14(10-16(15)21-4)11-18-9-8-13(2)3/h6-7,10,13,18H,5,8-9,11-12H2,1-4H3,(H,19,20). The molecule has 0 aromatic heterocycles. The highest BCUT2D eigenvalue weighted by atomic mass is 16.5. The zero-order chi connectivity index (χ0) is 16.4. The van der Waals surface area contributed by atoms with Gasteiger partial charge in [-0.25, -0.2) is 0 Å². The van der Waals surface area contributed by atoms with Crippen LogP contribution in [0.4, 0.5) is 0 Å². The molecule has 0 atom stereocenters. The minimum Gasteiger partial charge on any atom is -0.493 e. The Bertz CT molecular complexity index is 461. The third-order valence-corrected chi connectivity index (χ3v) is 3.19. The largest absolute Gasteiger partial charge is 0.493 e. The van der Waals surface area contributed by atoms with Crippen molar-refractivity contribution in [2.45, 2.75) is 33.7 Å². The molecule has 1 amide bonds. The Labute approximate surface area is 133 Å². The Hall–Kier alpha value is -1.75. The number of rotatable bonds is 10. The molecule has 0 saturated heterocycles. The summed E-state index contributed by atoms with van der Waals surface area (Å²) in [5.74, 6) is 1.79. The molecule has 0 unspecified atom stereocenters. The van der Waals surface area contributed by atoms with Gasteiger partial charge in [0.25, 0.3) is 5.91 Å². The van der Waals surface area contributed by atoms with Crippen LogP contribution in [0.2, 0.25) is 0 Å². The van der Waals surface area contributed by atoms with Gasteiger partial charge in [0.05, 0.1) is 7.11 Å². The molecule has 124 valence electrons. The molecule has 5 nitrogen and oxygen atoms in total. The molecule has 0 fully saturated rings. The summed E-state index contributed by atoms with van der Waals surface area (Å²) in [5, 5.41) is 6.10. The number of benzene rings is 1. The minimum absolute atomic E-state index is 0.00378. The fourth-order valence-corrected chi connectivity index (χ4v) is 1.96. The van der Waals surface area contributed by atoms with Gasteiger partial charge in [-0.05, 0) is 43.5 Å². The van der Waals surface area contributed by atoms with Gasteiger partial charge in [-0.15, -0.1) is 0 Å². The number of methoxy groups -OCH3 is 1. The Balaban J connectivity index is 2.53. The van der Waals surface area contributed by atoms with Crippen molar-refractivity contribution < 1.29 is 14.3 Å². The van der Waals surface area contributed by atoms with Gasteiger partial charge < -0.3 is 20.1 Å². The van der Waals surface area contributed by atoms with E-state index in [1.807, 2.05) is 25.1 Å². The molecular formula is C17H28N2O3. The van der Waals surface area contributed by atoms with E-state index in [0.717, 1.165) is 25.1 Å². The molecule has 0 saturated carbocycles. The van der Waals surface area contributed by atoms with Gasteiger partial charge in [-0.2, -0.15) is 0 Å². The number of carbonyl (C=O) groups excluding carboxylic acids is 1. The van der Waals surface area contributed by atoms with E-state index in [4.69, 9.17) is 9.47 Å². The van der Waals surface area contributed by atoms with E-state index in [-0.39, 0.29) is 12.5 Å².